The van der Waals surface area contributed by atoms with Crippen LogP contribution in [-0.2, 0) is 26.2 Å². The molecule has 2 aromatic rings. The Morgan fingerprint density at radius 3 is 2.28 bits per heavy atom. The molecule has 0 radical (unpaired) electrons. The fourth-order valence-electron chi connectivity index (χ4n) is 3.83. The second-order valence-electron chi connectivity index (χ2n) is 8.18. The van der Waals surface area contributed by atoms with Crippen LogP contribution in [0, 0.1) is 0 Å². The van der Waals surface area contributed by atoms with Crippen molar-refractivity contribution in [3.63, 3.8) is 0 Å². The van der Waals surface area contributed by atoms with Crippen LogP contribution in [-0.4, -0.2) is 57.6 Å². The van der Waals surface area contributed by atoms with Gasteiger partial charge in [0.05, 0.1) is 19.1 Å². The van der Waals surface area contributed by atoms with Gasteiger partial charge in [-0.05, 0) is 44.0 Å². The molecular weight excluding hydrogens is 525 g/mol. The van der Waals surface area contributed by atoms with Crippen molar-refractivity contribution in [2.45, 2.75) is 45.7 Å². The summed E-state index contributed by atoms with van der Waals surface area (Å²) < 4.78 is 31.4. The summed E-state index contributed by atoms with van der Waals surface area (Å²) in [7, 11) is -2.11. The van der Waals surface area contributed by atoms with Crippen LogP contribution in [0.3, 0.4) is 0 Å². The molecule has 0 fully saturated rings. The van der Waals surface area contributed by atoms with Crippen molar-refractivity contribution in [2.75, 3.05) is 30.8 Å². The van der Waals surface area contributed by atoms with E-state index in [1.165, 1.54) is 16.3 Å². The van der Waals surface area contributed by atoms with Crippen molar-refractivity contribution in [3.8, 4) is 5.75 Å². The number of hydrogen-bond donors (Lipinski definition) is 1. The summed E-state index contributed by atoms with van der Waals surface area (Å²) in [5, 5.41) is 3.57. The first-order valence-corrected chi connectivity index (χ1v) is 14.3. The van der Waals surface area contributed by atoms with Crippen LogP contribution in [0.5, 0.6) is 5.75 Å². The van der Waals surface area contributed by atoms with Gasteiger partial charge in [-0.15, -0.1) is 0 Å². The van der Waals surface area contributed by atoms with Gasteiger partial charge in [-0.3, -0.25) is 13.9 Å². The summed E-state index contributed by atoms with van der Waals surface area (Å²) in [6.45, 7) is 4.19. The number of hydrogen-bond acceptors (Lipinski definition) is 5. The summed E-state index contributed by atoms with van der Waals surface area (Å²) >= 11 is 12.7. The number of carbonyl (C=O) groups excluding carboxylic acids is 2. The fourth-order valence-corrected chi connectivity index (χ4v) is 5.31. The smallest absolute Gasteiger partial charge is 0.242 e. The maximum absolute atomic E-state index is 13.4. The lowest BCUT2D eigenvalue weighted by molar-refractivity contribution is -0.141. The number of carbonyl (C=O) groups is 2. The van der Waals surface area contributed by atoms with Crippen LogP contribution >= 0.6 is 23.2 Å². The molecule has 198 valence electrons. The minimum absolute atomic E-state index is 0.0218. The fraction of sp³-hybridized carbons (Fsp3) is 0.440. The van der Waals surface area contributed by atoms with E-state index >= 15 is 0 Å². The van der Waals surface area contributed by atoms with Crippen molar-refractivity contribution in [1.82, 2.24) is 10.2 Å². The van der Waals surface area contributed by atoms with Crippen molar-refractivity contribution >= 4 is 50.7 Å². The molecule has 0 spiro atoms. The third-order valence-corrected chi connectivity index (χ3v) is 7.52. The van der Waals surface area contributed by atoms with Gasteiger partial charge in [0, 0.05) is 47.7 Å². The molecule has 36 heavy (non-hydrogen) atoms. The number of benzene rings is 2. The highest BCUT2D eigenvalue weighted by atomic mass is 35.5. The number of likely N-dealkylation sites (N-methyl/N-ethyl adjacent to an activating group) is 1. The molecule has 0 aliphatic rings. The molecule has 1 N–H and O–H groups in total. The highest BCUT2D eigenvalue weighted by molar-refractivity contribution is 7.92. The van der Waals surface area contributed by atoms with Gasteiger partial charge in [-0.25, -0.2) is 8.42 Å². The van der Waals surface area contributed by atoms with Gasteiger partial charge in [0.25, 0.3) is 0 Å². The molecule has 1 atom stereocenters. The molecule has 11 heteroatoms. The van der Waals surface area contributed by atoms with Crippen LogP contribution in [0.15, 0.2) is 42.5 Å². The largest absolute Gasteiger partial charge is 0.497 e. The number of nitrogens with one attached hydrogen (secondary N) is 1. The second kappa shape index (κ2) is 13.7. The minimum atomic E-state index is -3.61. The number of rotatable bonds is 13. The Hall–Kier alpha value is -2.49. The van der Waals surface area contributed by atoms with E-state index in [4.69, 9.17) is 27.9 Å². The topological polar surface area (TPSA) is 96.0 Å². The molecule has 2 amide bonds. The van der Waals surface area contributed by atoms with Gasteiger partial charge in [0.1, 0.15) is 11.8 Å². The van der Waals surface area contributed by atoms with E-state index < -0.39 is 16.1 Å². The Morgan fingerprint density at radius 2 is 1.72 bits per heavy atom. The Labute approximate surface area is 223 Å². The van der Waals surface area contributed by atoms with Gasteiger partial charge < -0.3 is 15.0 Å². The number of ether oxygens (including phenoxy) is 1. The van der Waals surface area contributed by atoms with Crippen LogP contribution in [0.25, 0.3) is 0 Å². The predicted molar refractivity (Wildman–Crippen MR) is 144 cm³/mol. The maximum Gasteiger partial charge on any atom is 0.242 e. The Bertz CT molecular complexity index is 1140. The van der Waals surface area contributed by atoms with Crippen LogP contribution < -0.4 is 14.4 Å². The van der Waals surface area contributed by atoms with E-state index in [2.05, 4.69) is 5.32 Å². The Morgan fingerprint density at radius 1 is 1.08 bits per heavy atom. The molecule has 8 nitrogen and oxygen atoms in total. The molecule has 0 aliphatic heterocycles. The van der Waals surface area contributed by atoms with Gasteiger partial charge >= 0.3 is 0 Å². The van der Waals surface area contributed by atoms with Crippen LogP contribution in [0.4, 0.5) is 5.69 Å². The van der Waals surface area contributed by atoms with Crippen LogP contribution in [0.2, 0.25) is 10.0 Å². The lowest BCUT2D eigenvalue weighted by Gasteiger charge is -2.31. The summed E-state index contributed by atoms with van der Waals surface area (Å²) in [5.41, 5.74) is 0.990. The first-order valence-electron chi connectivity index (χ1n) is 11.6. The van der Waals surface area contributed by atoms with Crippen LogP contribution in [0.1, 0.15) is 38.7 Å². The number of methoxy groups -OCH3 is 1. The van der Waals surface area contributed by atoms with Crippen molar-refractivity contribution < 1.29 is 22.7 Å². The monoisotopic (exact) mass is 557 g/mol. The first-order chi connectivity index (χ1) is 17.0. The molecule has 0 aromatic heterocycles. The normalized spacial score (nSPS) is 12.1. The zero-order chi connectivity index (χ0) is 26.9. The van der Waals surface area contributed by atoms with E-state index in [-0.39, 0.29) is 37.7 Å². The molecule has 2 rings (SSSR count). The van der Waals surface area contributed by atoms with Crippen molar-refractivity contribution in [2.24, 2.45) is 0 Å². The SMILES string of the molecule is CCNC(=O)[C@@H](CC)N(Cc1c(Cl)cccc1Cl)C(=O)CCCN(c1cccc(OC)c1)S(C)(=O)=O. The quantitative estimate of drug-likeness (QED) is 0.391. The highest BCUT2D eigenvalue weighted by Gasteiger charge is 2.29. The third kappa shape index (κ3) is 8.01. The molecule has 0 aliphatic carbocycles. The predicted octanol–water partition coefficient (Wildman–Crippen LogP) is 4.49. The zero-order valence-electron chi connectivity index (χ0n) is 21.0. The average Bonchev–Trinajstić information content (AvgIpc) is 2.82. The van der Waals surface area contributed by atoms with E-state index in [1.54, 1.807) is 49.4 Å². The van der Waals surface area contributed by atoms with E-state index in [1.807, 2.05) is 6.92 Å². The zero-order valence-corrected chi connectivity index (χ0v) is 23.3. The molecule has 0 unspecified atom stereocenters. The first kappa shape index (κ1) is 29.7. The van der Waals surface area contributed by atoms with Gasteiger partial charge in [0.2, 0.25) is 21.8 Å². The lowest BCUT2D eigenvalue weighted by Crippen LogP contribution is -2.49. The molecule has 0 bridgehead atoms. The summed E-state index contributed by atoms with van der Waals surface area (Å²) in [5.74, 6) is -0.0541. The van der Waals surface area contributed by atoms with Gasteiger partial charge in [-0.2, -0.15) is 0 Å². The molecule has 0 heterocycles. The number of halogens is 2. The molecule has 0 saturated carbocycles. The van der Waals surface area contributed by atoms with Gasteiger partial charge in [0.15, 0.2) is 0 Å². The molecule has 0 saturated heterocycles. The molecule has 2 aromatic carbocycles. The van der Waals surface area contributed by atoms with Crippen molar-refractivity contribution in [3.05, 3.63) is 58.1 Å². The summed E-state index contributed by atoms with van der Waals surface area (Å²) in [4.78, 5) is 27.7. The summed E-state index contributed by atoms with van der Waals surface area (Å²) in [6, 6.07) is 11.0. The second-order valence-corrected chi connectivity index (χ2v) is 10.9. The third-order valence-electron chi connectivity index (χ3n) is 5.62. The van der Waals surface area contributed by atoms with E-state index in [9.17, 15) is 18.0 Å². The number of amides is 2. The Kier molecular flexibility index (Phi) is 11.3. The van der Waals surface area contributed by atoms with E-state index in [0.717, 1.165) is 6.26 Å². The minimum Gasteiger partial charge on any atom is -0.497 e. The summed E-state index contributed by atoms with van der Waals surface area (Å²) in [6.07, 6.45) is 1.76. The van der Waals surface area contributed by atoms with E-state index in [0.29, 0.717) is 40.0 Å². The average molecular weight is 559 g/mol. The highest BCUT2D eigenvalue weighted by Crippen LogP contribution is 2.28. The lowest BCUT2D eigenvalue weighted by atomic mass is 10.1. The van der Waals surface area contributed by atoms with Crippen molar-refractivity contribution in [1.29, 1.82) is 0 Å². The Balaban J connectivity index is 2.26. The maximum atomic E-state index is 13.4. The number of sulfonamides is 1. The standard InChI is InChI=1S/C25H33Cl2N3O5S/c1-5-23(25(32)28-6-2)29(17-20-21(26)12-8-13-22(20)27)24(31)14-9-15-30(36(4,33)34)18-10-7-11-19(16-18)35-3/h7-8,10-13,16,23H,5-6,9,14-15,17H2,1-4H3,(H,28,32)/t23-/m1/s1. The molecular formula is C25H33Cl2N3O5S. The number of anilines is 1. The van der Waals surface area contributed by atoms with Gasteiger partial charge in [-0.1, -0.05) is 42.3 Å². The number of nitrogens with zero attached hydrogens (tertiary/aromatic N) is 2.